The topological polar surface area (TPSA) is 78.9 Å². The van der Waals surface area contributed by atoms with E-state index in [0.29, 0.717) is 19.4 Å². The van der Waals surface area contributed by atoms with E-state index in [0.717, 1.165) is 31.4 Å². The van der Waals surface area contributed by atoms with Gasteiger partial charge in [0.05, 0.1) is 0 Å². The Morgan fingerprint density at radius 1 is 1.24 bits per heavy atom. The van der Waals surface area contributed by atoms with Crippen molar-refractivity contribution in [3.8, 4) is 0 Å². The maximum Gasteiger partial charge on any atom is 0.240 e. The molecule has 112 valence electrons. The molecule has 21 heavy (non-hydrogen) atoms. The minimum Gasteiger partial charge on any atom is -0.409 e. The van der Waals surface area contributed by atoms with Gasteiger partial charge in [-0.05, 0) is 30.9 Å². The van der Waals surface area contributed by atoms with Crippen LogP contribution in [0.25, 0.3) is 0 Å². The summed E-state index contributed by atoms with van der Waals surface area (Å²) in [7, 11) is 0. The molecule has 0 unspecified atom stereocenters. The van der Waals surface area contributed by atoms with E-state index in [1.54, 1.807) is 0 Å². The van der Waals surface area contributed by atoms with Crippen molar-refractivity contribution < 1.29 is 10.0 Å². The lowest BCUT2D eigenvalue weighted by atomic mass is 9.72. The summed E-state index contributed by atoms with van der Waals surface area (Å²) in [5.74, 6) is 0.0547. The third kappa shape index (κ3) is 2.17. The Labute approximate surface area is 124 Å². The molecule has 1 aromatic rings. The fourth-order valence-corrected chi connectivity index (χ4v) is 3.64. The molecule has 1 amide bonds. The number of nitrogens with zero attached hydrogens (tertiary/aromatic N) is 2. The van der Waals surface area contributed by atoms with Crippen molar-refractivity contribution >= 4 is 17.4 Å². The van der Waals surface area contributed by atoms with Crippen LogP contribution in [0.15, 0.2) is 29.4 Å². The smallest absolute Gasteiger partial charge is 0.240 e. The van der Waals surface area contributed by atoms with Crippen LogP contribution in [0, 0.1) is 5.41 Å². The molecule has 1 aliphatic heterocycles. The SMILES string of the molecule is NC(=NO)C1(C(=O)N2CCc3ccccc32)CCCCC1. The maximum absolute atomic E-state index is 13.1. The number of anilines is 1. The van der Waals surface area contributed by atoms with E-state index in [-0.39, 0.29) is 11.7 Å². The number of hydrogen-bond donors (Lipinski definition) is 2. The minimum absolute atomic E-state index is 0.0116. The van der Waals surface area contributed by atoms with E-state index < -0.39 is 5.41 Å². The molecule has 0 saturated heterocycles. The van der Waals surface area contributed by atoms with Gasteiger partial charge in [0.15, 0.2) is 5.84 Å². The second-order valence-corrected chi connectivity index (χ2v) is 5.96. The molecule has 3 N–H and O–H groups in total. The average molecular weight is 287 g/mol. The zero-order chi connectivity index (χ0) is 14.9. The van der Waals surface area contributed by atoms with Crippen LogP contribution in [0.1, 0.15) is 37.7 Å². The van der Waals surface area contributed by atoms with Gasteiger partial charge in [-0.25, -0.2) is 0 Å². The Kier molecular flexibility index (Phi) is 3.57. The minimum atomic E-state index is -0.829. The third-order valence-electron chi connectivity index (χ3n) is 4.85. The molecule has 0 atom stereocenters. The number of rotatable bonds is 2. The maximum atomic E-state index is 13.1. The monoisotopic (exact) mass is 287 g/mol. The zero-order valence-corrected chi connectivity index (χ0v) is 12.1. The van der Waals surface area contributed by atoms with Crippen molar-refractivity contribution in [2.24, 2.45) is 16.3 Å². The number of hydrogen-bond acceptors (Lipinski definition) is 3. The highest BCUT2D eigenvalue weighted by Crippen LogP contribution is 2.41. The van der Waals surface area contributed by atoms with E-state index in [2.05, 4.69) is 11.2 Å². The first kappa shape index (κ1) is 13.9. The lowest BCUT2D eigenvalue weighted by Crippen LogP contribution is -2.52. The van der Waals surface area contributed by atoms with E-state index in [9.17, 15) is 4.79 Å². The lowest BCUT2D eigenvalue weighted by Gasteiger charge is -2.37. The molecule has 2 aliphatic rings. The molecule has 0 aromatic heterocycles. The lowest BCUT2D eigenvalue weighted by molar-refractivity contribution is -0.126. The normalized spacial score (nSPS) is 21.1. The summed E-state index contributed by atoms with van der Waals surface area (Å²) in [5.41, 5.74) is 7.26. The van der Waals surface area contributed by atoms with Crippen molar-refractivity contribution in [3.05, 3.63) is 29.8 Å². The molecular weight excluding hydrogens is 266 g/mol. The quantitative estimate of drug-likeness (QED) is 0.379. The highest BCUT2D eigenvalue weighted by atomic mass is 16.4. The fraction of sp³-hybridized carbons (Fsp3) is 0.500. The first-order valence-electron chi connectivity index (χ1n) is 7.57. The van der Waals surface area contributed by atoms with Gasteiger partial charge >= 0.3 is 0 Å². The van der Waals surface area contributed by atoms with Crippen LogP contribution in [0.2, 0.25) is 0 Å². The predicted octanol–water partition coefficient (Wildman–Crippen LogP) is 2.27. The summed E-state index contributed by atoms with van der Waals surface area (Å²) in [6.07, 6.45) is 5.19. The molecule has 1 aliphatic carbocycles. The highest BCUT2D eigenvalue weighted by molar-refractivity contribution is 6.13. The van der Waals surface area contributed by atoms with E-state index in [1.807, 2.05) is 23.1 Å². The molecule has 0 bridgehead atoms. The van der Waals surface area contributed by atoms with Gasteiger partial charge in [-0.15, -0.1) is 0 Å². The van der Waals surface area contributed by atoms with Crippen LogP contribution in [0.3, 0.4) is 0 Å². The Bertz CT molecular complexity index is 577. The van der Waals surface area contributed by atoms with Crippen LogP contribution in [0.4, 0.5) is 5.69 Å². The molecule has 1 heterocycles. The van der Waals surface area contributed by atoms with Gasteiger partial charge in [0.2, 0.25) is 5.91 Å². The molecule has 1 saturated carbocycles. The van der Waals surface area contributed by atoms with Crippen LogP contribution in [-0.4, -0.2) is 23.5 Å². The van der Waals surface area contributed by atoms with Crippen molar-refractivity contribution in [1.29, 1.82) is 0 Å². The average Bonchev–Trinajstić information content (AvgIpc) is 2.98. The zero-order valence-electron chi connectivity index (χ0n) is 12.1. The highest BCUT2D eigenvalue weighted by Gasteiger charge is 2.47. The van der Waals surface area contributed by atoms with Crippen molar-refractivity contribution in [3.63, 3.8) is 0 Å². The van der Waals surface area contributed by atoms with Crippen LogP contribution >= 0.6 is 0 Å². The number of amides is 1. The summed E-state index contributed by atoms with van der Waals surface area (Å²) < 4.78 is 0. The van der Waals surface area contributed by atoms with Crippen LogP contribution in [-0.2, 0) is 11.2 Å². The number of para-hydroxylation sites is 1. The van der Waals surface area contributed by atoms with Gasteiger partial charge < -0.3 is 15.8 Å². The van der Waals surface area contributed by atoms with Crippen LogP contribution < -0.4 is 10.6 Å². The Hall–Kier alpha value is -2.04. The van der Waals surface area contributed by atoms with Gasteiger partial charge in [-0.3, -0.25) is 4.79 Å². The second-order valence-electron chi connectivity index (χ2n) is 5.96. The first-order valence-corrected chi connectivity index (χ1v) is 7.57. The van der Waals surface area contributed by atoms with Gasteiger partial charge in [0.25, 0.3) is 0 Å². The number of amidine groups is 1. The molecule has 0 radical (unpaired) electrons. The number of carbonyl (C=O) groups excluding carboxylic acids is 1. The molecule has 3 rings (SSSR count). The summed E-state index contributed by atoms with van der Waals surface area (Å²) in [6.45, 7) is 0.679. The molecular formula is C16H21N3O2. The number of benzene rings is 1. The first-order chi connectivity index (χ1) is 10.2. The summed E-state index contributed by atoms with van der Waals surface area (Å²) in [6, 6.07) is 7.97. The van der Waals surface area contributed by atoms with Crippen LogP contribution in [0.5, 0.6) is 0 Å². The van der Waals surface area contributed by atoms with Crippen molar-refractivity contribution in [1.82, 2.24) is 0 Å². The summed E-state index contributed by atoms with van der Waals surface area (Å²) >= 11 is 0. The van der Waals surface area contributed by atoms with Crippen molar-refractivity contribution in [2.45, 2.75) is 38.5 Å². The summed E-state index contributed by atoms with van der Waals surface area (Å²) in [5, 5.41) is 12.3. The van der Waals surface area contributed by atoms with Gasteiger partial charge in [0, 0.05) is 12.2 Å². The van der Waals surface area contributed by atoms with Gasteiger partial charge in [0.1, 0.15) is 5.41 Å². The molecule has 5 nitrogen and oxygen atoms in total. The Morgan fingerprint density at radius 2 is 1.95 bits per heavy atom. The molecule has 1 aromatic carbocycles. The number of nitrogens with two attached hydrogens (primary N) is 1. The summed E-state index contributed by atoms with van der Waals surface area (Å²) in [4.78, 5) is 15.0. The molecule has 0 spiro atoms. The number of fused-ring (bicyclic) bond motifs is 1. The van der Waals surface area contributed by atoms with Crippen molar-refractivity contribution in [2.75, 3.05) is 11.4 Å². The number of oxime groups is 1. The predicted molar refractivity (Wildman–Crippen MR) is 81.4 cm³/mol. The van der Waals surface area contributed by atoms with E-state index >= 15 is 0 Å². The Balaban J connectivity index is 1.96. The van der Waals surface area contributed by atoms with E-state index in [4.69, 9.17) is 10.9 Å². The fourth-order valence-electron chi connectivity index (χ4n) is 3.64. The molecule has 1 fully saturated rings. The standard InChI is InChI=1S/C16H21N3O2/c17-14(18-21)16(9-4-1-5-10-16)15(20)19-11-8-12-6-2-3-7-13(12)19/h2-3,6-7,21H,1,4-5,8-11H2,(H2,17,18). The number of carbonyl (C=O) groups is 1. The van der Waals surface area contributed by atoms with Gasteiger partial charge in [-0.2, -0.15) is 0 Å². The molecule has 5 heteroatoms. The van der Waals surface area contributed by atoms with E-state index in [1.165, 1.54) is 5.56 Å². The third-order valence-corrected chi connectivity index (χ3v) is 4.85. The van der Waals surface area contributed by atoms with Gasteiger partial charge in [-0.1, -0.05) is 42.6 Å². The largest absolute Gasteiger partial charge is 0.409 e. The Morgan fingerprint density at radius 3 is 2.67 bits per heavy atom. The second kappa shape index (κ2) is 5.39.